The van der Waals surface area contributed by atoms with Crippen molar-refractivity contribution in [3.05, 3.63) is 29.8 Å². The van der Waals surface area contributed by atoms with Crippen LogP contribution in [0.5, 0.6) is 5.75 Å². The van der Waals surface area contributed by atoms with Crippen LogP contribution < -0.4 is 10.1 Å². The van der Waals surface area contributed by atoms with E-state index in [1.165, 1.54) is 0 Å². The van der Waals surface area contributed by atoms with E-state index in [0.29, 0.717) is 11.8 Å². The highest BCUT2D eigenvalue weighted by atomic mass is 35.5. The van der Waals surface area contributed by atoms with Crippen LogP contribution in [-0.4, -0.2) is 43.1 Å². The number of rotatable bonds is 4. The topological polar surface area (TPSA) is 41.6 Å². The van der Waals surface area contributed by atoms with Gasteiger partial charge in [-0.05, 0) is 49.4 Å². The Morgan fingerprint density at radius 3 is 2.41 bits per heavy atom. The smallest absolute Gasteiger partial charge is 0.253 e. The summed E-state index contributed by atoms with van der Waals surface area (Å²) in [5.74, 6) is 2.27. The molecule has 1 aromatic rings. The molecule has 0 saturated carbocycles. The van der Waals surface area contributed by atoms with Gasteiger partial charge in [0.25, 0.3) is 5.91 Å². The lowest BCUT2D eigenvalue weighted by molar-refractivity contribution is 0.0781. The Bertz CT molecular complexity index is 494. The van der Waals surface area contributed by atoms with E-state index in [2.05, 4.69) is 19.2 Å². The minimum atomic E-state index is 0. The summed E-state index contributed by atoms with van der Waals surface area (Å²) < 4.78 is 5.75. The van der Waals surface area contributed by atoms with Crippen molar-refractivity contribution in [1.29, 1.82) is 0 Å². The van der Waals surface area contributed by atoms with Gasteiger partial charge in [0.15, 0.2) is 0 Å². The van der Waals surface area contributed by atoms with Gasteiger partial charge in [-0.15, -0.1) is 12.4 Å². The molecule has 0 radical (unpaired) electrons. The lowest BCUT2D eigenvalue weighted by Gasteiger charge is -2.18. The number of nitrogens with one attached hydrogen (secondary N) is 1. The summed E-state index contributed by atoms with van der Waals surface area (Å²) in [5.41, 5.74) is 0.763. The van der Waals surface area contributed by atoms with E-state index in [1.54, 1.807) is 0 Å². The van der Waals surface area contributed by atoms with Crippen molar-refractivity contribution >= 4 is 18.3 Å². The number of ether oxygens (including phenoxy) is 1. The summed E-state index contributed by atoms with van der Waals surface area (Å²) >= 11 is 0. The minimum absolute atomic E-state index is 0. The number of carbonyl (C=O) groups excluding carboxylic acids is 1. The van der Waals surface area contributed by atoms with Gasteiger partial charge < -0.3 is 15.0 Å². The number of halogens is 1. The Labute approximate surface area is 138 Å². The number of likely N-dealkylation sites (tertiary alicyclic amines) is 1. The van der Waals surface area contributed by atoms with Crippen LogP contribution in [0.15, 0.2) is 24.3 Å². The van der Waals surface area contributed by atoms with Gasteiger partial charge in [0.2, 0.25) is 0 Å². The fraction of sp³-hybridized carbons (Fsp3) is 0.588. The molecule has 0 spiro atoms. The van der Waals surface area contributed by atoms with Crippen molar-refractivity contribution in [2.75, 3.05) is 26.2 Å². The third-order valence-electron chi connectivity index (χ3n) is 4.69. The molecule has 1 aromatic carbocycles. The zero-order valence-electron chi connectivity index (χ0n) is 13.2. The third-order valence-corrected chi connectivity index (χ3v) is 4.69. The number of amides is 1. The van der Waals surface area contributed by atoms with Crippen LogP contribution in [0, 0.1) is 11.8 Å². The minimum Gasteiger partial charge on any atom is -0.491 e. The molecule has 0 bridgehead atoms. The highest BCUT2D eigenvalue weighted by Crippen LogP contribution is 2.27. The summed E-state index contributed by atoms with van der Waals surface area (Å²) in [4.78, 5) is 14.5. The predicted octanol–water partition coefficient (Wildman–Crippen LogP) is 2.58. The molecule has 4 nitrogen and oxygen atoms in total. The zero-order chi connectivity index (χ0) is 14.8. The van der Waals surface area contributed by atoms with Gasteiger partial charge >= 0.3 is 0 Å². The van der Waals surface area contributed by atoms with Gasteiger partial charge in [-0.1, -0.05) is 6.92 Å². The Morgan fingerprint density at radius 1 is 1.27 bits per heavy atom. The number of carbonyl (C=O) groups is 1. The van der Waals surface area contributed by atoms with Crippen LogP contribution in [0.3, 0.4) is 0 Å². The van der Waals surface area contributed by atoms with E-state index >= 15 is 0 Å². The first-order valence-corrected chi connectivity index (χ1v) is 7.94. The van der Waals surface area contributed by atoms with E-state index in [-0.39, 0.29) is 24.4 Å². The summed E-state index contributed by atoms with van der Waals surface area (Å²) in [6.45, 7) is 8.03. The fourth-order valence-corrected chi connectivity index (χ4v) is 3.20. The molecule has 2 heterocycles. The lowest BCUT2D eigenvalue weighted by Crippen LogP contribution is -2.31. The van der Waals surface area contributed by atoms with Gasteiger partial charge in [-0.2, -0.15) is 0 Å². The van der Waals surface area contributed by atoms with Gasteiger partial charge in [0.05, 0.1) is 6.10 Å². The van der Waals surface area contributed by atoms with E-state index in [0.717, 1.165) is 43.9 Å². The Kier molecular flexibility index (Phi) is 5.70. The molecule has 1 unspecified atom stereocenters. The van der Waals surface area contributed by atoms with Crippen molar-refractivity contribution in [2.24, 2.45) is 11.8 Å². The second kappa shape index (κ2) is 7.34. The van der Waals surface area contributed by atoms with Gasteiger partial charge in [-0.25, -0.2) is 0 Å². The highest BCUT2D eigenvalue weighted by molar-refractivity contribution is 5.94. The normalized spacial score (nSPS) is 24.5. The van der Waals surface area contributed by atoms with Crippen molar-refractivity contribution in [2.45, 2.75) is 26.4 Å². The maximum absolute atomic E-state index is 12.5. The summed E-state index contributed by atoms with van der Waals surface area (Å²) in [7, 11) is 0. The second-order valence-corrected chi connectivity index (χ2v) is 6.25. The van der Waals surface area contributed by atoms with Crippen LogP contribution in [0.4, 0.5) is 0 Å². The summed E-state index contributed by atoms with van der Waals surface area (Å²) in [6, 6.07) is 7.56. The maximum atomic E-state index is 12.5. The summed E-state index contributed by atoms with van der Waals surface area (Å²) in [5, 5.41) is 3.40. The molecule has 5 heteroatoms. The van der Waals surface area contributed by atoms with Crippen molar-refractivity contribution in [1.82, 2.24) is 10.2 Å². The second-order valence-electron chi connectivity index (χ2n) is 6.25. The molecule has 2 fully saturated rings. The van der Waals surface area contributed by atoms with Crippen molar-refractivity contribution in [3.8, 4) is 5.75 Å². The number of hydrogen-bond acceptors (Lipinski definition) is 3. The van der Waals surface area contributed by atoms with Crippen LogP contribution in [-0.2, 0) is 0 Å². The van der Waals surface area contributed by atoms with Gasteiger partial charge in [0.1, 0.15) is 5.75 Å². The first-order chi connectivity index (χ1) is 10.2. The molecule has 3 rings (SSSR count). The van der Waals surface area contributed by atoms with E-state index in [9.17, 15) is 4.79 Å². The number of benzene rings is 1. The predicted molar refractivity (Wildman–Crippen MR) is 89.8 cm³/mol. The average molecular weight is 325 g/mol. The van der Waals surface area contributed by atoms with Crippen LogP contribution >= 0.6 is 12.4 Å². The zero-order valence-corrected chi connectivity index (χ0v) is 14.1. The fourth-order valence-electron chi connectivity index (χ4n) is 3.20. The number of hydrogen-bond donors (Lipinski definition) is 1. The first-order valence-electron chi connectivity index (χ1n) is 7.94. The molecule has 2 aliphatic rings. The molecule has 3 atom stereocenters. The molecular formula is C17H25ClN2O2. The molecule has 1 N–H and O–H groups in total. The van der Waals surface area contributed by atoms with Crippen LogP contribution in [0.25, 0.3) is 0 Å². The molecule has 2 saturated heterocycles. The highest BCUT2D eigenvalue weighted by Gasteiger charge is 2.38. The van der Waals surface area contributed by atoms with E-state index < -0.39 is 0 Å². The molecule has 0 aliphatic carbocycles. The number of nitrogens with zero attached hydrogens (tertiary/aromatic N) is 1. The quantitative estimate of drug-likeness (QED) is 0.925. The van der Waals surface area contributed by atoms with Crippen molar-refractivity contribution < 1.29 is 9.53 Å². The maximum Gasteiger partial charge on any atom is 0.253 e. The molecule has 22 heavy (non-hydrogen) atoms. The van der Waals surface area contributed by atoms with Gasteiger partial charge in [-0.3, -0.25) is 4.79 Å². The summed E-state index contributed by atoms with van der Waals surface area (Å²) in [6.07, 6.45) is 1.18. The van der Waals surface area contributed by atoms with Crippen molar-refractivity contribution in [3.63, 3.8) is 0 Å². The first kappa shape index (κ1) is 17.1. The van der Waals surface area contributed by atoms with E-state index in [4.69, 9.17) is 4.74 Å². The van der Waals surface area contributed by atoms with Crippen LogP contribution in [0.2, 0.25) is 0 Å². The standard InChI is InChI=1S/C17H24N2O2.ClH/c1-3-12(2)21-16-6-4-13(5-7-16)17(20)19-10-14-8-18-9-15(14)11-19;/h4-7,12,14-15,18H,3,8-11H2,1-2H3;1H/t12?,14-,15+;. The van der Waals surface area contributed by atoms with Gasteiger partial charge in [0, 0.05) is 31.7 Å². The molecular weight excluding hydrogens is 300 g/mol. The lowest BCUT2D eigenvalue weighted by atomic mass is 10.0. The Balaban J connectivity index is 0.00000176. The third kappa shape index (κ3) is 3.55. The molecule has 0 aromatic heterocycles. The van der Waals surface area contributed by atoms with E-state index in [1.807, 2.05) is 29.2 Å². The molecule has 1 amide bonds. The number of fused-ring (bicyclic) bond motifs is 1. The molecule has 2 aliphatic heterocycles. The SMILES string of the molecule is CCC(C)Oc1ccc(C(=O)N2C[C@H]3CNC[C@H]3C2)cc1.Cl. The monoisotopic (exact) mass is 324 g/mol. The Hall–Kier alpha value is -1.26. The largest absolute Gasteiger partial charge is 0.491 e. The Morgan fingerprint density at radius 2 is 1.86 bits per heavy atom. The molecule has 122 valence electrons. The average Bonchev–Trinajstić information content (AvgIpc) is 3.08. The van der Waals surface area contributed by atoms with Crippen LogP contribution in [0.1, 0.15) is 30.6 Å².